The lowest BCUT2D eigenvalue weighted by molar-refractivity contribution is 0.137. The van der Waals surface area contributed by atoms with Gasteiger partial charge in [-0.25, -0.2) is 13.1 Å². The number of hydrogen-bond acceptors (Lipinski definition) is 3. The number of rotatable bonds is 3. The maximum absolute atomic E-state index is 12.1. The van der Waals surface area contributed by atoms with Crippen molar-refractivity contribution in [3.63, 3.8) is 0 Å². The molecule has 0 aliphatic heterocycles. The summed E-state index contributed by atoms with van der Waals surface area (Å²) in [5, 5.41) is 6.35. The molecule has 1 aliphatic rings. The number of hydrogen-bond donors (Lipinski definition) is 2. The highest BCUT2D eigenvalue weighted by Gasteiger charge is 2.48. The van der Waals surface area contributed by atoms with E-state index >= 15 is 0 Å². The summed E-state index contributed by atoms with van der Waals surface area (Å²) in [5.74, 6) is 0. The first-order valence-corrected chi connectivity index (χ1v) is 7.33. The van der Waals surface area contributed by atoms with Gasteiger partial charge in [-0.3, -0.25) is 5.10 Å². The van der Waals surface area contributed by atoms with E-state index in [2.05, 4.69) is 14.9 Å². The van der Waals surface area contributed by atoms with Gasteiger partial charge < -0.3 is 0 Å². The minimum atomic E-state index is -3.50. The van der Waals surface area contributed by atoms with Crippen molar-refractivity contribution in [1.82, 2.24) is 14.9 Å². The second kappa shape index (κ2) is 3.96. The number of nitrogens with zero attached hydrogens (tertiary/aromatic N) is 1. The number of H-pyrrole nitrogens is 1. The van der Waals surface area contributed by atoms with E-state index in [1.807, 2.05) is 13.8 Å². The van der Waals surface area contributed by atoms with Gasteiger partial charge in [0, 0.05) is 11.4 Å². The van der Waals surface area contributed by atoms with Crippen LogP contribution >= 0.6 is 11.6 Å². The van der Waals surface area contributed by atoms with Crippen LogP contribution in [0.5, 0.6) is 0 Å². The molecule has 1 aromatic rings. The van der Waals surface area contributed by atoms with Gasteiger partial charge >= 0.3 is 0 Å². The monoisotopic (exact) mass is 277 g/mol. The lowest BCUT2D eigenvalue weighted by Crippen LogP contribution is -2.59. The summed E-state index contributed by atoms with van der Waals surface area (Å²) < 4.78 is 26.9. The van der Waals surface area contributed by atoms with E-state index in [0.29, 0.717) is 12.1 Å². The normalized spacial score (nSPS) is 27.8. The Kier molecular flexibility index (Phi) is 3.00. The third-order valence-electron chi connectivity index (χ3n) is 3.52. The van der Waals surface area contributed by atoms with Gasteiger partial charge in [-0.15, -0.1) is 11.6 Å². The van der Waals surface area contributed by atoms with Crippen LogP contribution < -0.4 is 4.72 Å². The topological polar surface area (TPSA) is 74.8 Å². The van der Waals surface area contributed by atoms with Gasteiger partial charge in [-0.1, -0.05) is 13.8 Å². The molecule has 0 bridgehead atoms. The van der Waals surface area contributed by atoms with Crippen molar-refractivity contribution < 1.29 is 8.42 Å². The van der Waals surface area contributed by atoms with E-state index < -0.39 is 10.0 Å². The zero-order valence-electron chi connectivity index (χ0n) is 9.99. The lowest BCUT2D eigenvalue weighted by atomic mass is 9.67. The molecule has 2 atom stereocenters. The van der Waals surface area contributed by atoms with Gasteiger partial charge in [0.15, 0.2) is 0 Å². The standard InChI is InChI=1S/C10H16ClN3O2S/c1-6-7(5-12-13-6)17(15,16)14-9-4-8(11)10(9,2)3/h5,8-9,14H,4H2,1-3H3,(H,12,13). The number of nitrogens with one attached hydrogen (secondary N) is 2. The predicted octanol–water partition coefficient (Wildman–Crippen LogP) is 1.40. The fraction of sp³-hybridized carbons (Fsp3) is 0.700. The van der Waals surface area contributed by atoms with E-state index in [1.165, 1.54) is 6.20 Å². The summed E-state index contributed by atoms with van der Waals surface area (Å²) in [5.41, 5.74) is 0.323. The van der Waals surface area contributed by atoms with Gasteiger partial charge in [0.1, 0.15) is 4.90 Å². The van der Waals surface area contributed by atoms with Crippen LogP contribution in [-0.2, 0) is 10.0 Å². The van der Waals surface area contributed by atoms with E-state index in [4.69, 9.17) is 11.6 Å². The average Bonchev–Trinajstić information content (AvgIpc) is 2.64. The van der Waals surface area contributed by atoms with Gasteiger partial charge in [0.2, 0.25) is 10.0 Å². The Morgan fingerprint density at radius 2 is 2.24 bits per heavy atom. The number of aromatic nitrogens is 2. The second-order valence-corrected chi connectivity index (χ2v) is 7.27. The summed E-state index contributed by atoms with van der Waals surface area (Å²) in [6.45, 7) is 5.60. The number of alkyl halides is 1. The maximum atomic E-state index is 12.1. The number of aryl methyl sites for hydroxylation is 1. The molecule has 0 aromatic carbocycles. The molecule has 17 heavy (non-hydrogen) atoms. The molecule has 1 saturated carbocycles. The highest BCUT2D eigenvalue weighted by molar-refractivity contribution is 7.89. The van der Waals surface area contributed by atoms with Crippen LogP contribution in [0.1, 0.15) is 26.0 Å². The first-order valence-electron chi connectivity index (χ1n) is 5.41. The molecule has 0 saturated heterocycles. The van der Waals surface area contributed by atoms with Crippen LogP contribution in [0.15, 0.2) is 11.1 Å². The molecule has 2 N–H and O–H groups in total. The van der Waals surface area contributed by atoms with Crippen LogP contribution in [0.3, 0.4) is 0 Å². The Balaban J connectivity index is 2.18. The molecule has 96 valence electrons. The Bertz CT molecular complexity index is 523. The third-order valence-corrected chi connectivity index (χ3v) is 5.84. The molecule has 0 spiro atoms. The summed E-state index contributed by atoms with van der Waals surface area (Å²) in [6, 6.07) is -0.121. The molecule has 2 unspecified atom stereocenters. The van der Waals surface area contributed by atoms with Crippen molar-refractivity contribution in [3.05, 3.63) is 11.9 Å². The summed E-state index contributed by atoms with van der Waals surface area (Å²) in [7, 11) is -3.50. The third kappa shape index (κ3) is 2.09. The van der Waals surface area contributed by atoms with Crippen LogP contribution in [-0.4, -0.2) is 30.0 Å². The average molecular weight is 278 g/mol. The first-order chi connectivity index (χ1) is 7.75. The Morgan fingerprint density at radius 1 is 1.59 bits per heavy atom. The number of sulfonamides is 1. The largest absolute Gasteiger partial charge is 0.281 e. The molecule has 1 heterocycles. The molecule has 1 aliphatic carbocycles. The summed E-state index contributed by atoms with van der Waals surface area (Å²) in [6.07, 6.45) is 1.98. The van der Waals surface area contributed by atoms with E-state index in [-0.39, 0.29) is 21.7 Å². The van der Waals surface area contributed by atoms with Crippen LogP contribution in [0.4, 0.5) is 0 Å². The molecule has 5 nitrogen and oxygen atoms in total. The van der Waals surface area contributed by atoms with Crippen LogP contribution in [0, 0.1) is 12.3 Å². The maximum Gasteiger partial charge on any atom is 0.244 e. The van der Waals surface area contributed by atoms with Crippen molar-refractivity contribution in [2.75, 3.05) is 0 Å². The van der Waals surface area contributed by atoms with Crippen LogP contribution in [0.25, 0.3) is 0 Å². The lowest BCUT2D eigenvalue weighted by Gasteiger charge is -2.48. The molecular weight excluding hydrogens is 262 g/mol. The zero-order valence-corrected chi connectivity index (χ0v) is 11.6. The summed E-state index contributed by atoms with van der Waals surface area (Å²) >= 11 is 6.07. The molecular formula is C10H16ClN3O2S. The quantitative estimate of drug-likeness (QED) is 0.820. The highest BCUT2D eigenvalue weighted by Crippen LogP contribution is 2.44. The second-order valence-electron chi connectivity index (χ2n) is 5.06. The number of aromatic amines is 1. The minimum absolute atomic E-state index is 0.0145. The highest BCUT2D eigenvalue weighted by atomic mass is 35.5. The molecule has 0 amide bonds. The first kappa shape index (κ1) is 12.9. The molecule has 0 radical (unpaired) electrons. The fourth-order valence-electron chi connectivity index (χ4n) is 1.93. The van der Waals surface area contributed by atoms with E-state index in [9.17, 15) is 8.42 Å². The smallest absolute Gasteiger partial charge is 0.244 e. The van der Waals surface area contributed by atoms with E-state index in [0.717, 1.165) is 0 Å². The van der Waals surface area contributed by atoms with Crippen LogP contribution in [0.2, 0.25) is 0 Å². The predicted molar refractivity (Wildman–Crippen MR) is 65.5 cm³/mol. The Morgan fingerprint density at radius 3 is 2.65 bits per heavy atom. The Hall–Kier alpha value is -0.590. The fourth-order valence-corrected chi connectivity index (χ4v) is 3.81. The summed E-state index contributed by atoms with van der Waals surface area (Å²) in [4.78, 5) is 0.200. The molecule has 2 rings (SSSR count). The zero-order chi connectivity index (χ0) is 12.8. The van der Waals surface area contributed by atoms with Gasteiger partial charge in [-0.05, 0) is 18.8 Å². The van der Waals surface area contributed by atoms with Crippen molar-refractivity contribution >= 4 is 21.6 Å². The van der Waals surface area contributed by atoms with Gasteiger partial charge in [-0.2, -0.15) is 5.10 Å². The van der Waals surface area contributed by atoms with Crippen molar-refractivity contribution in [2.24, 2.45) is 5.41 Å². The Labute approximate surface area is 106 Å². The molecule has 1 aromatic heterocycles. The van der Waals surface area contributed by atoms with Gasteiger partial charge in [0.05, 0.1) is 11.9 Å². The number of halogens is 1. The SMILES string of the molecule is Cc1[nH]ncc1S(=O)(=O)NC1CC(Cl)C1(C)C. The van der Waals surface area contributed by atoms with Crippen molar-refractivity contribution in [1.29, 1.82) is 0 Å². The van der Waals surface area contributed by atoms with Crippen molar-refractivity contribution in [3.8, 4) is 0 Å². The molecule has 7 heteroatoms. The van der Waals surface area contributed by atoms with E-state index in [1.54, 1.807) is 6.92 Å². The molecule has 1 fully saturated rings. The van der Waals surface area contributed by atoms with Crippen molar-refractivity contribution in [2.45, 2.75) is 43.5 Å². The minimum Gasteiger partial charge on any atom is -0.281 e. The van der Waals surface area contributed by atoms with Gasteiger partial charge in [0.25, 0.3) is 0 Å².